The predicted molar refractivity (Wildman–Crippen MR) is 101 cm³/mol. The summed E-state index contributed by atoms with van der Waals surface area (Å²) in [5.74, 6) is 0.310. The number of methoxy groups -OCH3 is 1. The molecule has 0 aliphatic carbocycles. The second-order valence-electron chi connectivity index (χ2n) is 5.82. The summed E-state index contributed by atoms with van der Waals surface area (Å²) in [6, 6.07) is 10.6. The number of hydrogen-bond acceptors (Lipinski definition) is 5. The summed E-state index contributed by atoms with van der Waals surface area (Å²) >= 11 is 7.47. The summed E-state index contributed by atoms with van der Waals surface area (Å²) in [5.41, 5.74) is 2.79. The molecule has 1 aliphatic rings. The lowest BCUT2D eigenvalue weighted by atomic mass is 10.0. The maximum Gasteiger partial charge on any atom is 0.513 e. The molecule has 0 saturated carbocycles. The number of rotatable bonds is 2. The SMILES string of the molecule is COC(=O)Oc1cc(-c2ccc(Cl)cc2)c(=O)n2c1-c1sccc1CC2. The van der Waals surface area contributed by atoms with Gasteiger partial charge in [-0.2, -0.15) is 0 Å². The van der Waals surface area contributed by atoms with Gasteiger partial charge in [-0.1, -0.05) is 23.7 Å². The molecular formula is C19H14ClNO4S. The zero-order chi connectivity index (χ0) is 18.3. The molecular weight excluding hydrogens is 374 g/mol. The number of hydrogen-bond donors (Lipinski definition) is 0. The third-order valence-corrected chi connectivity index (χ3v) is 5.55. The Morgan fingerprint density at radius 1 is 1.23 bits per heavy atom. The molecule has 132 valence electrons. The third kappa shape index (κ3) is 2.81. The molecule has 0 fully saturated rings. The topological polar surface area (TPSA) is 57.5 Å². The van der Waals surface area contributed by atoms with E-state index >= 15 is 0 Å². The fraction of sp³-hybridized carbons (Fsp3) is 0.158. The van der Waals surface area contributed by atoms with Gasteiger partial charge >= 0.3 is 6.16 Å². The van der Waals surface area contributed by atoms with Gasteiger partial charge in [-0.15, -0.1) is 11.3 Å². The number of thiophene rings is 1. The van der Waals surface area contributed by atoms with Gasteiger partial charge in [0.2, 0.25) is 0 Å². The zero-order valence-electron chi connectivity index (χ0n) is 13.8. The lowest BCUT2D eigenvalue weighted by Crippen LogP contribution is -2.28. The summed E-state index contributed by atoms with van der Waals surface area (Å²) in [6.07, 6.45) is -0.0646. The average molecular weight is 388 g/mol. The van der Waals surface area contributed by atoms with Gasteiger partial charge < -0.3 is 14.0 Å². The second-order valence-corrected chi connectivity index (χ2v) is 7.17. The normalized spacial score (nSPS) is 12.2. The molecule has 3 aromatic rings. The maximum absolute atomic E-state index is 13.1. The molecule has 0 saturated heterocycles. The molecule has 0 atom stereocenters. The highest BCUT2D eigenvalue weighted by molar-refractivity contribution is 7.13. The first-order chi connectivity index (χ1) is 12.6. The molecule has 0 amide bonds. The van der Waals surface area contributed by atoms with Crippen molar-refractivity contribution in [3.63, 3.8) is 0 Å². The van der Waals surface area contributed by atoms with Gasteiger partial charge in [-0.3, -0.25) is 4.79 Å². The van der Waals surface area contributed by atoms with Crippen molar-refractivity contribution in [2.75, 3.05) is 7.11 Å². The van der Waals surface area contributed by atoms with Crippen molar-refractivity contribution in [1.29, 1.82) is 0 Å². The van der Waals surface area contributed by atoms with Gasteiger partial charge in [-0.25, -0.2) is 4.79 Å². The highest BCUT2D eigenvalue weighted by Gasteiger charge is 2.26. The quantitative estimate of drug-likeness (QED) is 0.603. The molecule has 26 heavy (non-hydrogen) atoms. The molecule has 0 bridgehead atoms. The van der Waals surface area contributed by atoms with E-state index in [9.17, 15) is 9.59 Å². The van der Waals surface area contributed by atoms with Crippen molar-refractivity contribution in [2.45, 2.75) is 13.0 Å². The van der Waals surface area contributed by atoms with Crippen LogP contribution in [0.1, 0.15) is 5.56 Å². The number of aromatic nitrogens is 1. The molecule has 5 nitrogen and oxygen atoms in total. The van der Waals surface area contributed by atoms with Crippen molar-refractivity contribution < 1.29 is 14.3 Å². The number of aryl methyl sites for hydroxylation is 1. The lowest BCUT2D eigenvalue weighted by Gasteiger charge is -2.22. The van der Waals surface area contributed by atoms with E-state index < -0.39 is 6.16 Å². The maximum atomic E-state index is 13.1. The molecule has 0 spiro atoms. The van der Waals surface area contributed by atoms with Crippen molar-refractivity contribution in [1.82, 2.24) is 4.57 Å². The van der Waals surface area contributed by atoms with Crippen molar-refractivity contribution in [3.05, 3.63) is 62.7 Å². The number of halogens is 1. The number of carbonyl (C=O) groups excluding carboxylic acids is 1. The van der Waals surface area contributed by atoms with Gasteiger partial charge in [0.05, 0.1) is 17.6 Å². The molecule has 1 aromatic carbocycles. The minimum absolute atomic E-state index is 0.126. The molecule has 2 aromatic heterocycles. The fourth-order valence-corrected chi connectivity index (χ4v) is 4.25. The van der Waals surface area contributed by atoms with E-state index in [0.717, 1.165) is 16.9 Å². The molecule has 7 heteroatoms. The van der Waals surface area contributed by atoms with E-state index in [-0.39, 0.29) is 5.56 Å². The number of pyridine rings is 1. The van der Waals surface area contributed by atoms with Crippen LogP contribution in [0, 0.1) is 0 Å². The highest BCUT2D eigenvalue weighted by Crippen LogP contribution is 2.40. The average Bonchev–Trinajstić information content (AvgIpc) is 3.13. The van der Waals surface area contributed by atoms with Gasteiger partial charge in [0.1, 0.15) is 5.69 Å². The minimum atomic E-state index is -0.822. The molecule has 1 aliphatic heterocycles. The van der Waals surface area contributed by atoms with Crippen LogP contribution < -0.4 is 10.3 Å². The minimum Gasteiger partial charge on any atom is -0.437 e. The molecule has 0 radical (unpaired) electrons. The molecule has 4 rings (SSSR count). The van der Waals surface area contributed by atoms with Crippen LogP contribution in [0.3, 0.4) is 0 Å². The van der Waals surface area contributed by atoms with Crippen molar-refractivity contribution >= 4 is 29.1 Å². The second kappa shape index (κ2) is 6.63. The van der Waals surface area contributed by atoms with E-state index in [1.165, 1.54) is 18.4 Å². The zero-order valence-corrected chi connectivity index (χ0v) is 15.4. The Kier molecular flexibility index (Phi) is 4.30. The van der Waals surface area contributed by atoms with Crippen LogP contribution in [0.4, 0.5) is 4.79 Å². The van der Waals surface area contributed by atoms with E-state index in [2.05, 4.69) is 4.74 Å². The molecule has 3 heterocycles. The van der Waals surface area contributed by atoms with Crippen LogP contribution in [0.2, 0.25) is 5.02 Å². The Bertz CT molecular complexity index is 1050. The smallest absolute Gasteiger partial charge is 0.437 e. The van der Waals surface area contributed by atoms with Gasteiger partial charge in [-0.05, 0) is 47.2 Å². The molecule has 0 unspecified atom stereocenters. The van der Waals surface area contributed by atoms with Crippen LogP contribution in [-0.4, -0.2) is 17.8 Å². The highest BCUT2D eigenvalue weighted by atomic mass is 35.5. The standard InChI is InChI=1S/C19H14ClNO4S/c1-24-19(23)25-15-10-14(11-2-4-13(20)5-3-11)18(22)21-8-6-12-7-9-26-17(12)16(15)21/h2-5,7,9-10H,6,8H2,1H3. The monoisotopic (exact) mass is 387 g/mol. The summed E-state index contributed by atoms with van der Waals surface area (Å²) < 4.78 is 11.7. The van der Waals surface area contributed by atoms with E-state index in [0.29, 0.717) is 34.1 Å². The van der Waals surface area contributed by atoms with Crippen LogP contribution in [0.15, 0.2) is 46.6 Å². The van der Waals surface area contributed by atoms with Crippen molar-refractivity contribution in [2.24, 2.45) is 0 Å². The summed E-state index contributed by atoms with van der Waals surface area (Å²) in [6.45, 7) is 0.525. The first-order valence-electron chi connectivity index (χ1n) is 7.95. The van der Waals surface area contributed by atoms with Crippen LogP contribution >= 0.6 is 22.9 Å². The first-order valence-corrected chi connectivity index (χ1v) is 9.20. The van der Waals surface area contributed by atoms with Gasteiger partial charge in [0.15, 0.2) is 5.75 Å². The summed E-state index contributed by atoms with van der Waals surface area (Å²) in [5, 5.41) is 2.56. The van der Waals surface area contributed by atoms with Crippen molar-refractivity contribution in [3.8, 4) is 27.4 Å². The first kappa shape index (κ1) is 16.9. The van der Waals surface area contributed by atoms with E-state index in [1.807, 2.05) is 11.4 Å². The molecule has 0 N–H and O–H groups in total. The predicted octanol–water partition coefficient (Wildman–Crippen LogP) is 4.60. The number of carbonyl (C=O) groups is 1. The Morgan fingerprint density at radius 3 is 2.73 bits per heavy atom. The lowest BCUT2D eigenvalue weighted by molar-refractivity contribution is 0.121. The van der Waals surface area contributed by atoms with Crippen LogP contribution in [0.5, 0.6) is 5.75 Å². The Morgan fingerprint density at radius 2 is 2.00 bits per heavy atom. The number of ether oxygens (including phenoxy) is 2. The summed E-state index contributed by atoms with van der Waals surface area (Å²) in [7, 11) is 1.25. The number of benzene rings is 1. The largest absolute Gasteiger partial charge is 0.513 e. The van der Waals surface area contributed by atoms with Gasteiger partial charge in [0.25, 0.3) is 5.56 Å². The van der Waals surface area contributed by atoms with Crippen LogP contribution in [-0.2, 0) is 17.7 Å². The Balaban J connectivity index is 1.97. The number of fused-ring (bicyclic) bond motifs is 3. The Hall–Kier alpha value is -2.57. The summed E-state index contributed by atoms with van der Waals surface area (Å²) in [4.78, 5) is 25.8. The third-order valence-electron chi connectivity index (χ3n) is 4.34. The Labute approximate surface area is 158 Å². The van der Waals surface area contributed by atoms with Crippen LogP contribution in [0.25, 0.3) is 21.7 Å². The van der Waals surface area contributed by atoms with E-state index in [1.54, 1.807) is 34.9 Å². The van der Waals surface area contributed by atoms with Gasteiger partial charge in [0, 0.05) is 11.6 Å². The fourth-order valence-electron chi connectivity index (χ4n) is 3.11. The van der Waals surface area contributed by atoms with E-state index in [4.69, 9.17) is 16.3 Å². The number of nitrogens with zero attached hydrogens (tertiary/aromatic N) is 1.